The number of carbonyl (C=O) groups is 1. The Labute approximate surface area is 154 Å². The molecule has 1 heterocycles. The summed E-state index contributed by atoms with van der Waals surface area (Å²) in [5.41, 5.74) is 1.21. The first-order valence-electron chi connectivity index (χ1n) is 7.37. The molecule has 2 aromatic rings. The molecule has 5 nitrogen and oxygen atoms in total. The Bertz CT molecular complexity index is 878. The van der Waals surface area contributed by atoms with Gasteiger partial charge in [-0.25, -0.2) is 4.99 Å². The van der Waals surface area contributed by atoms with Crippen molar-refractivity contribution in [2.75, 3.05) is 14.2 Å². The fourth-order valence-corrected chi connectivity index (χ4v) is 3.36. The Morgan fingerprint density at radius 1 is 1.24 bits per heavy atom. The summed E-state index contributed by atoms with van der Waals surface area (Å²) < 4.78 is 5.12. The first-order valence-corrected chi connectivity index (χ1v) is 8.56. The van der Waals surface area contributed by atoms with E-state index in [1.807, 2.05) is 24.3 Å². The summed E-state index contributed by atoms with van der Waals surface area (Å²) in [6.07, 6.45) is 1.61. The van der Waals surface area contributed by atoms with Gasteiger partial charge < -0.3 is 9.84 Å². The number of thioether (sulfide) groups is 1. The molecule has 0 spiro atoms. The maximum Gasteiger partial charge on any atom is 0.266 e. The number of carbonyl (C=O) groups excluding carboxylic acids is 1. The van der Waals surface area contributed by atoms with Crippen molar-refractivity contribution in [3.63, 3.8) is 0 Å². The molecule has 1 saturated heterocycles. The van der Waals surface area contributed by atoms with E-state index in [1.165, 1.54) is 22.7 Å². The molecule has 1 aliphatic rings. The van der Waals surface area contributed by atoms with E-state index in [9.17, 15) is 9.90 Å². The van der Waals surface area contributed by atoms with Crippen molar-refractivity contribution in [3.05, 3.63) is 58.0 Å². The maximum atomic E-state index is 12.4. The highest BCUT2D eigenvalue weighted by atomic mass is 35.5. The van der Waals surface area contributed by atoms with Crippen LogP contribution in [-0.2, 0) is 4.79 Å². The van der Waals surface area contributed by atoms with Crippen molar-refractivity contribution in [2.24, 2.45) is 4.99 Å². The van der Waals surface area contributed by atoms with Crippen LogP contribution in [-0.4, -0.2) is 35.2 Å². The molecule has 1 N–H and O–H groups in total. The van der Waals surface area contributed by atoms with Gasteiger partial charge in [-0.15, -0.1) is 0 Å². The molecule has 0 saturated carbocycles. The average Bonchev–Trinajstić information content (AvgIpc) is 2.87. The normalized spacial score (nSPS) is 17.6. The minimum Gasteiger partial charge on any atom is -0.507 e. The number of methoxy groups -OCH3 is 1. The third-order valence-electron chi connectivity index (χ3n) is 3.58. The number of hydrogen-bond donors (Lipinski definition) is 1. The molecule has 0 bridgehead atoms. The molecule has 128 valence electrons. The van der Waals surface area contributed by atoms with E-state index in [2.05, 4.69) is 4.99 Å². The molecule has 1 fully saturated rings. The molecule has 0 unspecified atom stereocenters. The molecule has 0 radical (unpaired) electrons. The van der Waals surface area contributed by atoms with Gasteiger partial charge in [0.25, 0.3) is 5.91 Å². The van der Waals surface area contributed by atoms with Crippen LogP contribution < -0.4 is 4.74 Å². The number of amidine groups is 1. The number of phenolic OH excluding ortho intramolecular Hbond substituents is 1. The van der Waals surface area contributed by atoms with E-state index >= 15 is 0 Å². The number of nitrogens with zero attached hydrogens (tertiary/aromatic N) is 2. The lowest BCUT2D eigenvalue weighted by molar-refractivity contribution is -0.121. The van der Waals surface area contributed by atoms with Gasteiger partial charge in [0, 0.05) is 17.6 Å². The molecule has 2 aromatic carbocycles. The Hall–Kier alpha value is -2.44. The number of hydrogen-bond acceptors (Lipinski definition) is 5. The van der Waals surface area contributed by atoms with Crippen LogP contribution in [0.5, 0.6) is 11.5 Å². The molecule has 1 aliphatic heterocycles. The van der Waals surface area contributed by atoms with Crippen LogP contribution in [0.3, 0.4) is 0 Å². The summed E-state index contributed by atoms with van der Waals surface area (Å²) in [6.45, 7) is 0. The van der Waals surface area contributed by atoms with Crippen LogP contribution in [0.25, 0.3) is 6.08 Å². The maximum absolute atomic E-state index is 12.4. The number of aromatic hydroxyl groups is 1. The number of likely N-dealkylation sites (N-methyl/N-ethyl adjacent to an activating group) is 1. The summed E-state index contributed by atoms with van der Waals surface area (Å²) in [5.74, 6) is 0.620. The highest BCUT2D eigenvalue weighted by Crippen LogP contribution is 2.35. The Kier molecular flexibility index (Phi) is 5.01. The fraction of sp³-hybridized carbons (Fsp3) is 0.111. The quantitative estimate of drug-likeness (QED) is 0.814. The summed E-state index contributed by atoms with van der Waals surface area (Å²) in [5, 5.41) is 11.0. The number of ether oxygens (including phenoxy) is 1. The second-order valence-electron chi connectivity index (χ2n) is 5.27. The van der Waals surface area contributed by atoms with E-state index in [0.717, 1.165) is 11.4 Å². The number of aliphatic imine (C=N–C) groups is 1. The molecule has 0 aliphatic carbocycles. The summed E-state index contributed by atoms with van der Waals surface area (Å²) >= 11 is 7.19. The Morgan fingerprint density at radius 2 is 1.96 bits per heavy atom. The van der Waals surface area contributed by atoms with Crippen molar-refractivity contribution in [3.8, 4) is 11.5 Å². The van der Waals surface area contributed by atoms with Crippen molar-refractivity contribution >= 4 is 46.2 Å². The second-order valence-corrected chi connectivity index (χ2v) is 6.72. The van der Waals surface area contributed by atoms with Gasteiger partial charge in [-0.2, -0.15) is 0 Å². The number of amides is 1. The molecular weight excluding hydrogens is 360 g/mol. The Morgan fingerprint density at radius 3 is 2.64 bits per heavy atom. The van der Waals surface area contributed by atoms with Crippen LogP contribution in [0.2, 0.25) is 5.02 Å². The van der Waals surface area contributed by atoms with Crippen LogP contribution in [0.4, 0.5) is 5.69 Å². The first kappa shape index (κ1) is 17.4. The van der Waals surface area contributed by atoms with Crippen molar-refractivity contribution in [1.82, 2.24) is 4.90 Å². The van der Waals surface area contributed by atoms with E-state index in [4.69, 9.17) is 16.3 Å². The Balaban J connectivity index is 1.90. The summed E-state index contributed by atoms with van der Waals surface area (Å²) in [6, 6.07) is 11.9. The lowest BCUT2D eigenvalue weighted by Crippen LogP contribution is -2.23. The van der Waals surface area contributed by atoms with E-state index in [1.54, 1.807) is 32.4 Å². The summed E-state index contributed by atoms with van der Waals surface area (Å²) in [4.78, 5) is 18.9. The average molecular weight is 375 g/mol. The van der Waals surface area contributed by atoms with E-state index in [0.29, 0.717) is 20.7 Å². The largest absolute Gasteiger partial charge is 0.507 e. The number of benzene rings is 2. The zero-order valence-corrected chi connectivity index (χ0v) is 15.1. The number of rotatable bonds is 3. The van der Waals surface area contributed by atoms with Crippen LogP contribution >= 0.6 is 23.4 Å². The van der Waals surface area contributed by atoms with Crippen LogP contribution in [0.15, 0.2) is 52.4 Å². The van der Waals surface area contributed by atoms with Gasteiger partial charge in [0.05, 0.1) is 17.7 Å². The van der Waals surface area contributed by atoms with Crippen LogP contribution in [0.1, 0.15) is 5.56 Å². The third-order valence-corrected chi connectivity index (χ3v) is 4.87. The second kappa shape index (κ2) is 7.21. The lowest BCUT2D eigenvalue weighted by Gasteiger charge is -2.07. The van der Waals surface area contributed by atoms with Crippen molar-refractivity contribution in [1.29, 1.82) is 0 Å². The monoisotopic (exact) mass is 374 g/mol. The van der Waals surface area contributed by atoms with Gasteiger partial charge in [-0.1, -0.05) is 11.6 Å². The topological polar surface area (TPSA) is 62.1 Å². The van der Waals surface area contributed by atoms with E-state index in [-0.39, 0.29) is 11.7 Å². The molecule has 7 heteroatoms. The first-order chi connectivity index (χ1) is 12.0. The minimum absolute atomic E-state index is 0.0634. The van der Waals surface area contributed by atoms with Gasteiger partial charge in [0.1, 0.15) is 11.5 Å². The smallest absolute Gasteiger partial charge is 0.266 e. The van der Waals surface area contributed by atoms with Crippen LogP contribution in [0, 0.1) is 0 Å². The molecule has 0 atom stereocenters. The van der Waals surface area contributed by atoms with Gasteiger partial charge in [0.15, 0.2) is 5.17 Å². The highest BCUT2D eigenvalue weighted by Gasteiger charge is 2.30. The van der Waals surface area contributed by atoms with Gasteiger partial charge in [-0.3, -0.25) is 9.69 Å². The molecule has 25 heavy (non-hydrogen) atoms. The predicted octanol–water partition coefficient (Wildman–Crippen LogP) is 4.29. The minimum atomic E-state index is -0.184. The van der Waals surface area contributed by atoms with Crippen molar-refractivity contribution in [2.45, 2.75) is 0 Å². The van der Waals surface area contributed by atoms with Crippen molar-refractivity contribution < 1.29 is 14.6 Å². The van der Waals surface area contributed by atoms with E-state index < -0.39 is 0 Å². The predicted molar refractivity (Wildman–Crippen MR) is 102 cm³/mol. The highest BCUT2D eigenvalue weighted by molar-refractivity contribution is 8.18. The van der Waals surface area contributed by atoms with Gasteiger partial charge in [-0.05, 0) is 60.3 Å². The van der Waals surface area contributed by atoms with Gasteiger partial charge in [0.2, 0.25) is 0 Å². The number of phenols is 1. The standard InChI is InChI=1S/C18H15ClN2O3S/c1-21-17(23)16(10-11-9-12(19)3-8-15(11)22)25-18(21)20-13-4-6-14(24-2)7-5-13/h3-10,22H,1-2H3/b16-10+,20-18?. The lowest BCUT2D eigenvalue weighted by atomic mass is 10.2. The molecular formula is C18H15ClN2O3S. The number of halogens is 1. The van der Waals surface area contributed by atoms with Gasteiger partial charge >= 0.3 is 0 Å². The fourth-order valence-electron chi connectivity index (χ4n) is 2.20. The SMILES string of the molecule is COc1ccc(N=C2S/C(=C/c3cc(Cl)ccc3O)C(=O)N2C)cc1. The zero-order valence-electron chi connectivity index (χ0n) is 13.6. The third kappa shape index (κ3) is 3.81. The molecule has 3 rings (SSSR count). The molecule has 0 aromatic heterocycles. The summed E-state index contributed by atoms with van der Waals surface area (Å²) in [7, 11) is 3.26. The molecule has 1 amide bonds. The zero-order chi connectivity index (χ0) is 18.0.